The zero-order chi connectivity index (χ0) is 18.5. The largest absolute Gasteiger partial charge is 0.462 e. The molecule has 3 rings (SSSR count). The molecule has 0 aliphatic heterocycles. The monoisotopic (exact) mass is 390 g/mol. The summed E-state index contributed by atoms with van der Waals surface area (Å²) in [4.78, 5) is 27.0. The zero-order valence-electron chi connectivity index (χ0n) is 14.9. The van der Waals surface area contributed by atoms with Gasteiger partial charge in [-0.1, -0.05) is 12.1 Å². The SMILES string of the molecule is CCOC(=O)c1c(NC(=O)CNc2ccccc2SC)sc2c1CCC2. The standard InChI is InChI=1S/C19H22N2O3S2/c1-3-24-19(23)17-12-7-6-10-14(12)26-18(17)21-16(22)11-20-13-8-4-5-9-15(13)25-2/h4-5,8-9,20H,3,6-7,10-11H2,1-2H3,(H,21,22). The molecule has 2 aromatic rings. The first-order valence-electron chi connectivity index (χ1n) is 8.62. The van der Waals surface area contributed by atoms with Gasteiger partial charge in [0.2, 0.25) is 5.91 Å². The number of fused-ring (bicyclic) bond motifs is 1. The van der Waals surface area contributed by atoms with Crippen LogP contribution in [-0.4, -0.2) is 31.3 Å². The Bertz CT molecular complexity index is 817. The molecule has 5 nitrogen and oxygen atoms in total. The van der Waals surface area contributed by atoms with Gasteiger partial charge in [-0.25, -0.2) is 4.79 Å². The van der Waals surface area contributed by atoms with Crippen molar-refractivity contribution in [2.24, 2.45) is 0 Å². The molecule has 1 aromatic heterocycles. The summed E-state index contributed by atoms with van der Waals surface area (Å²) >= 11 is 3.12. The highest BCUT2D eigenvalue weighted by Crippen LogP contribution is 2.39. The summed E-state index contributed by atoms with van der Waals surface area (Å²) in [5.41, 5.74) is 2.51. The van der Waals surface area contributed by atoms with E-state index in [0.717, 1.165) is 35.4 Å². The minimum Gasteiger partial charge on any atom is -0.462 e. The van der Waals surface area contributed by atoms with Crippen molar-refractivity contribution in [1.82, 2.24) is 0 Å². The van der Waals surface area contributed by atoms with Crippen LogP contribution in [-0.2, 0) is 22.4 Å². The molecule has 1 heterocycles. The lowest BCUT2D eigenvalue weighted by Crippen LogP contribution is -2.22. The van der Waals surface area contributed by atoms with Gasteiger partial charge in [0.15, 0.2) is 0 Å². The summed E-state index contributed by atoms with van der Waals surface area (Å²) in [5, 5.41) is 6.67. The molecule has 1 aliphatic carbocycles. The van der Waals surface area contributed by atoms with Crippen LogP contribution in [0.4, 0.5) is 10.7 Å². The molecule has 1 aliphatic rings. The second-order valence-corrected chi connectivity index (χ2v) is 7.84. The number of benzene rings is 1. The average Bonchev–Trinajstić information content (AvgIpc) is 3.21. The Morgan fingerprint density at radius 1 is 1.27 bits per heavy atom. The first-order chi connectivity index (χ1) is 12.6. The Morgan fingerprint density at radius 2 is 2.08 bits per heavy atom. The number of hydrogen-bond acceptors (Lipinski definition) is 6. The third kappa shape index (κ3) is 4.04. The third-order valence-corrected chi connectivity index (χ3v) is 6.20. The molecule has 1 aromatic carbocycles. The van der Waals surface area contributed by atoms with Crippen molar-refractivity contribution in [2.45, 2.75) is 31.1 Å². The van der Waals surface area contributed by atoms with E-state index < -0.39 is 0 Å². The van der Waals surface area contributed by atoms with E-state index in [0.29, 0.717) is 17.2 Å². The summed E-state index contributed by atoms with van der Waals surface area (Å²) in [6.45, 7) is 2.25. The number of nitrogens with one attached hydrogen (secondary N) is 2. The maximum Gasteiger partial charge on any atom is 0.341 e. The summed E-state index contributed by atoms with van der Waals surface area (Å²) in [5.74, 6) is -0.519. The van der Waals surface area contributed by atoms with Crippen molar-refractivity contribution in [3.8, 4) is 0 Å². The first-order valence-corrected chi connectivity index (χ1v) is 10.7. The number of esters is 1. The lowest BCUT2D eigenvalue weighted by molar-refractivity contribution is -0.114. The number of carbonyl (C=O) groups excluding carboxylic acids is 2. The number of thiophene rings is 1. The number of thioether (sulfide) groups is 1. The maximum absolute atomic E-state index is 12.4. The first kappa shape index (κ1) is 18.8. The molecule has 138 valence electrons. The average molecular weight is 391 g/mol. The molecule has 0 unspecified atom stereocenters. The van der Waals surface area contributed by atoms with Crippen LogP contribution in [0.15, 0.2) is 29.2 Å². The fraction of sp³-hybridized carbons (Fsp3) is 0.368. The molecule has 2 N–H and O–H groups in total. The van der Waals surface area contributed by atoms with Gasteiger partial charge in [-0.3, -0.25) is 4.79 Å². The van der Waals surface area contributed by atoms with E-state index in [2.05, 4.69) is 10.6 Å². The van der Waals surface area contributed by atoms with Gasteiger partial charge in [0, 0.05) is 15.5 Å². The number of aryl methyl sites for hydroxylation is 1. The van der Waals surface area contributed by atoms with Crippen LogP contribution in [0.25, 0.3) is 0 Å². The smallest absolute Gasteiger partial charge is 0.341 e. The van der Waals surface area contributed by atoms with Crippen LogP contribution in [0.5, 0.6) is 0 Å². The molecule has 0 atom stereocenters. The molecule has 1 amide bonds. The zero-order valence-corrected chi connectivity index (χ0v) is 16.5. The van der Waals surface area contributed by atoms with Crippen LogP contribution in [0, 0.1) is 0 Å². The minimum atomic E-state index is -0.345. The number of rotatable bonds is 7. The Morgan fingerprint density at radius 3 is 2.85 bits per heavy atom. The Balaban J connectivity index is 1.70. The van der Waals surface area contributed by atoms with Crippen LogP contribution in [0.2, 0.25) is 0 Å². The molecular weight excluding hydrogens is 368 g/mol. The van der Waals surface area contributed by atoms with Crippen LogP contribution in [0.3, 0.4) is 0 Å². The predicted octanol–water partition coefficient (Wildman–Crippen LogP) is 4.19. The lowest BCUT2D eigenvalue weighted by Gasteiger charge is -2.11. The normalized spacial score (nSPS) is 12.5. The predicted molar refractivity (Wildman–Crippen MR) is 108 cm³/mol. The number of hydrogen-bond donors (Lipinski definition) is 2. The van der Waals surface area contributed by atoms with E-state index in [-0.39, 0.29) is 18.4 Å². The molecule has 0 spiro atoms. The Labute approximate surface area is 161 Å². The van der Waals surface area contributed by atoms with Crippen LogP contribution < -0.4 is 10.6 Å². The maximum atomic E-state index is 12.4. The topological polar surface area (TPSA) is 67.4 Å². The molecule has 0 bridgehead atoms. The van der Waals surface area contributed by atoms with Crippen molar-refractivity contribution < 1.29 is 14.3 Å². The highest BCUT2D eigenvalue weighted by atomic mass is 32.2. The summed E-state index contributed by atoms with van der Waals surface area (Å²) in [7, 11) is 0. The van der Waals surface area contributed by atoms with Gasteiger partial charge in [0.05, 0.1) is 18.7 Å². The van der Waals surface area contributed by atoms with Gasteiger partial charge in [-0.15, -0.1) is 23.1 Å². The molecule has 0 radical (unpaired) electrons. The lowest BCUT2D eigenvalue weighted by atomic mass is 10.1. The summed E-state index contributed by atoms with van der Waals surface area (Å²) in [6.07, 6.45) is 4.88. The van der Waals surface area contributed by atoms with Crippen LogP contribution >= 0.6 is 23.1 Å². The highest BCUT2D eigenvalue weighted by molar-refractivity contribution is 7.98. The number of para-hydroxylation sites is 1. The van der Waals surface area contributed by atoms with Gasteiger partial charge in [-0.2, -0.15) is 0 Å². The highest BCUT2D eigenvalue weighted by Gasteiger charge is 2.28. The van der Waals surface area contributed by atoms with Gasteiger partial charge in [-0.05, 0) is 50.1 Å². The minimum absolute atomic E-state index is 0.141. The number of anilines is 2. The molecular formula is C19H22N2O3S2. The fourth-order valence-corrected chi connectivity index (χ4v) is 4.92. The van der Waals surface area contributed by atoms with Crippen molar-refractivity contribution >= 4 is 45.7 Å². The number of amides is 1. The third-order valence-electron chi connectivity index (χ3n) is 4.20. The van der Waals surface area contributed by atoms with Gasteiger partial charge in [0.25, 0.3) is 0 Å². The summed E-state index contributed by atoms with van der Waals surface area (Å²) < 4.78 is 5.19. The van der Waals surface area contributed by atoms with E-state index >= 15 is 0 Å². The number of carbonyl (C=O) groups is 2. The van der Waals surface area contributed by atoms with E-state index in [1.54, 1.807) is 18.7 Å². The van der Waals surface area contributed by atoms with Gasteiger partial charge in [0.1, 0.15) is 5.00 Å². The molecule has 26 heavy (non-hydrogen) atoms. The van der Waals surface area contributed by atoms with Crippen molar-refractivity contribution in [3.63, 3.8) is 0 Å². The van der Waals surface area contributed by atoms with E-state index in [1.165, 1.54) is 16.2 Å². The van der Waals surface area contributed by atoms with Gasteiger partial charge >= 0.3 is 5.97 Å². The fourth-order valence-electron chi connectivity index (χ4n) is 3.05. The second-order valence-electron chi connectivity index (χ2n) is 5.88. The van der Waals surface area contributed by atoms with Crippen molar-refractivity contribution in [3.05, 3.63) is 40.3 Å². The van der Waals surface area contributed by atoms with Gasteiger partial charge < -0.3 is 15.4 Å². The van der Waals surface area contributed by atoms with Crippen LogP contribution in [0.1, 0.15) is 34.1 Å². The van der Waals surface area contributed by atoms with Crippen molar-refractivity contribution in [1.29, 1.82) is 0 Å². The molecule has 7 heteroatoms. The van der Waals surface area contributed by atoms with E-state index in [1.807, 2.05) is 30.5 Å². The molecule has 0 saturated carbocycles. The second kappa shape index (κ2) is 8.60. The number of ether oxygens (including phenoxy) is 1. The Hall–Kier alpha value is -1.99. The molecule has 0 saturated heterocycles. The molecule has 0 fully saturated rings. The van der Waals surface area contributed by atoms with E-state index in [4.69, 9.17) is 4.74 Å². The quantitative estimate of drug-likeness (QED) is 0.548. The Kier molecular flexibility index (Phi) is 6.21. The summed E-state index contributed by atoms with van der Waals surface area (Å²) in [6, 6.07) is 7.86. The van der Waals surface area contributed by atoms with E-state index in [9.17, 15) is 9.59 Å². The van der Waals surface area contributed by atoms with Crippen molar-refractivity contribution in [2.75, 3.05) is 30.0 Å².